The highest BCUT2D eigenvalue weighted by Crippen LogP contribution is 2.38. The van der Waals surface area contributed by atoms with Crippen molar-refractivity contribution in [3.05, 3.63) is 29.7 Å². The summed E-state index contributed by atoms with van der Waals surface area (Å²) < 4.78 is 7.62. The predicted octanol–water partition coefficient (Wildman–Crippen LogP) is 2.19. The summed E-state index contributed by atoms with van der Waals surface area (Å²) in [6.45, 7) is 6.94. The summed E-state index contributed by atoms with van der Waals surface area (Å²) in [6, 6.07) is 0.542. The monoisotopic (exact) mass is 275 g/mol. The van der Waals surface area contributed by atoms with Gasteiger partial charge in [0.1, 0.15) is 0 Å². The van der Waals surface area contributed by atoms with E-state index in [1.54, 1.807) is 0 Å². The molecule has 0 bridgehead atoms. The molecule has 1 N–H and O–H groups in total. The van der Waals surface area contributed by atoms with Crippen LogP contribution in [-0.4, -0.2) is 26.0 Å². The second-order valence-corrected chi connectivity index (χ2v) is 5.72. The molecule has 1 saturated carbocycles. The topological polar surface area (TPSA) is 68.8 Å². The van der Waals surface area contributed by atoms with E-state index < -0.39 is 0 Å². The van der Waals surface area contributed by atoms with Gasteiger partial charge in [-0.1, -0.05) is 0 Å². The van der Waals surface area contributed by atoms with Crippen molar-refractivity contribution in [2.45, 2.75) is 58.2 Å². The van der Waals surface area contributed by atoms with Crippen molar-refractivity contribution in [3.63, 3.8) is 0 Å². The van der Waals surface area contributed by atoms with Gasteiger partial charge in [-0.25, -0.2) is 0 Å². The number of hydrogen-bond donors (Lipinski definition) is 1. The highest BCUT2D eigenvalue weighted by Gasteiger charge is 2.29. The third kappa shape index (κ3) is 2.90. The molecule has 2 atom stereocenters. The van der Waals surface area contributed by atoms with Crippen molar-refractivity contribution in [2.24, 2.45) is 0 Å². The highest BCUT2D eigenvalue weighted by atomic mass is 16.4. The lowest BCUT2D eigenvalue weighted by atomic mass is 10.2. The summed E-state index contributed by atoms with van der Waals surface area (Å²) in [5.41, 5.74) is 1.18. The molecule has 1 fully saturated rings. The first kappa shape index (κ1) is 13.3. The number of aromatic nitrogens is 4. The lowest BCUT2D eigenvalue weighted by molar-refractivity contribution is 0.344. The Labute approximate surface area is 118 Å². The van der Waals surface area contributed by atoms with Gasteiger partial charge in [0, 0.05) is 18.2 Å². The molecule has 0 saturated heterocycles. The quantitative estimate of drug-likeness (QED) is 0.875. The third-order valence-electron chi connectivity index (χ3n) is 3.86. The molecular weight excluding hydrogens is 254 g/mol. The zero-order chi connectivity index (χ0) is 14.1. The van der Waals surface area contributed by atoms with Gasteiger partial charge in [0.15, 0.2) is 0 Å². The number of nitrogens with one attached hydrogen (secondary N) is 1. The maximum absolute atomic E-state index is 5.64. The van der Waals surface area contributed by atoms with Gasteiger partial charge in [0.05, 0.1) is 18.8 Å². The Morgan fingerprint density at radius 1 is 1.40 bits per heavy atom. The van der Waals surface area contributed by atoms with Gasteiger partial charge in [-0.15, -0.1) is 10.2 Å². The Morgan fingerprint density at radius 3 is 2.85 bits per heavy atom. The van der Waals surface area contributed by atoms with Crippen molar-refractivity contribution < 1.29 is 4.42 Å². The van der Waals surface area contributed by atoms with Crippen LogP contribution in [-0.2, 0) is 6.54 Å². The molecule has 0 aromatic carbocycles. The van der Waals surface area contributed by atoms with Gasteiger partial charge in [-0.05, 0) is 39.2 Å². The van der Waals surface area contributed by atoms with Crippen LogP contribution in [0.4, 0.5) is 0 Å². The predicted molar refractivity (Wildman–Crippen MR) is 74.2 cm³/mol. The van der Waals surface area contributed by atoms with Crippen molar-refractivity contribution in [3.8, 4) is 0 Å². The largest absolute Gasteiger partial charge is 0.424 e. The van der Waals surface area contributed by atoms with E-state index >= 15 is 0 Å². The molecule has 3 rings (SSSR count). The van der Waals surface area contributed by atoms with Crippen LogP contribution >= 0.6 is 0 Å². The van der Waals surface area contributed by atoms with E-state index in [0.29, 0.717) is 18.4 Å². The molecule has 1 aliphatic rings. The molecule has 1 aliphatic carbocycles. The van der Waals surface area contributed by atoms with Gasteiger partial charge in [-0.2, -0.15) is 5.10 Å². The average molecular weight is 275 g/mol. The number of aryl methyl sites for hydroxylation is 1. The Kier molecular flexibility index (Phi) is 3.56. The highest BCUT2D eigenvalue weighted by molar-refractivity contribution is 5.01. The molecule has 0 aliphatic heterocycles. The minimum atomic E-state index is 0.269. The second kappa shape index (κ2) is 5.36. The molecule has 2 aromatic rings. The van der Waals surface area contributed by atoms with E-state index in [9.17, 15) is 0 Å². The first-order chi connectivity index (χ1) is 9.63. The lowest BCUT2D eigenvalue weighted by Crippen LogP contribution is -2.33. The van der Waals surface area contributed by atoms with Crippen LogP contribution in [0.2, 0.25) is 0 Å². The van der Waals surface area contributed by atoms with Gasteiger partial charge >= 0.3 is 0 Å². The van der Waals surface area contributed by atoms with Gasteiger partial charge < -0.3 is 9.73 Å². The fourth-order valence-electron chi connectivity index (χ4n) is 2.14. The van der Waals surface area contributed by atoms with Crippen LogP contribution in [0, 0.1) is 6.92 Å². The molecule has 0 spiro atoms. The number of nitrogens with zero attached hydrogens (tertiary/aromatic N) is 4. The molecule has 6 nitrogen and oxygen atoms in total. The zero-order valence-corrected chi connectivity index (χ0v) is 12.2. The molecule has 108 valence electrons. The first-order valence-electron chi connectivity index (χ1n) is 7.20. The van der Waals surface area contributed by atoms with Crippen LogP contribution in [0.3, 0.4) is 0 Å². The van der Waals surface area contributed by atoms with E-state index in [-0.39, 0.29) is 12.1 Å². The summed E-state index contributed by atoms with van der Waals surface area (Å²) in [4.78, 5) is 0. The molecule has 2 heterocycles. The molecule has 2 aromatic heterocycles. The Balaban J connectivity index is 1.53. The molecule has 0 amide bonds. The first-order valence-corrected chi connectivity index (χ1v) is 7.20. The fraction of sp³-hybridized carbons (Fsp3) is 0.643. The average Bonchev–Trinajstić information content (AvgIpc) is 3.03. The normalized spacial score (nSPS) is 18.1. The Bertz CT molecular complexity index is 572. The fourth-order valence-corrected chi connectivity index (χ4v) is 2.14. The molecule has 0 radical (unpaired) electrons. The molecule has 6 heteroatoms. The summed E-state index contributed by atoms with van der Waals surface area (Å²) in [7, 11) is 0. The summed E-state index contributed by atoms with van der Waals surface area (Å²) in [5.74, 6) is 1.98. The van der Waals surface area contributed by atoms with Crippen molar-refractivity contribution >= 4 is 0 Å². The maximum Gasteiger partial charge on any atom is 0.230 e. The van der Waals surface area contributed by atoms with E-state index in [2.05, 4.69) is 40.7 Å². The summed E-state index contributed by atoms with van der Waals surface area (Å²) in [6.07, 6.45) is 6.30. The standard InChI is InChI=1S/C14H21N5O/c1-9-6-16-19(8-9)11(3)10(2)15-7-13-17-18-14(20-13)12-4-5-12/h6,8,10-12,15H,4-5,7H2,1-3H3/t10-,11-/m0/s1. The van der Waals surface area contributed by atoms with Gasteiger partial charge in [0.25, 0.3) is 0 Å². The Morgan fingerprint density at radius 2 is 2.20 bits per heavy atom. The molecular formula is C14H21N5O. The lowest BCUT2D eigenvalue weighted by Gasteiger charge is -2.21. The third-order valence-corrected chi connectivity index (χ3v) is 3.86. The van der Waals surface area contributed by atoms with Crippen molar-refractivity contribution in [1.82, 2.24) is 25.3 Å². The van der Waals surface area contributed by atoms with E-state index in [1.165, 1.54) is 18.4 Å². The maximum atomic E-state index is 5.64. The van der Waals surface area contributed by atoms with E-state index in [4.69, 9.17) is 4.42 Å². The SMILES string of the molecule is Cc1cnn([C@@H](C)[C@H](C)NCc2nnc(C3CC3)o2)c1. The van der Waals surface area contributed by atoms with Crippen LogP contribution in [0.25, 0.3) is 0 Å². The smallest absolute Gasteiger partial charge is 0.230 e. The van der Waals surface area contributed by atoms with Crippen LogP contribution < -0.4 is 5.32 Å². The minimum Gasteiger partial charge on any atom is -0.424 e. The summed E-state index contributed by atoms with van der Waals surface area (Å²) >= 11 is 0. The van der Waals surface area contributed by atoms with E-state index in [0.717, 1.165) is 5.89 Å². The Hall–Kier alpha value is -1.69. The number of rotatable bonds is 6. The summed E-state index contributed by atoms with van der Waals surface area (Å²) in [5, 5.41) is 15.9. The van der Waals surface area contributed by atoms with Crippen LogP contribution in [0.15, 0.2) is 16.8 Å². The zero-order valence-electron chi connectivity index (χ0n) is 12.2. The molecule has 0 unspecified atom stereocenters. The van der Waals surface area contributed by atoms with Gasteiger partial charge in [0.2, 0.25) is 11.8 Å². The molecule has 20 heavy (non-hydrogen) atoms. The van der Waals surface area contributed by atoms with Crippen molar-refractivity contribution in [1.29, 1.82) is 0 Å². The second-order valence-electron chi connectivity index (χ2n) is 5.72. The number of hydrogen-bond acceptors (Lipinski definition) is 5. The van der Waals surface area contributed by atoms with Crippen LogP contribution in [0.1, 0.15) is 56.0 Å². The van der Waals surface area contributed by atoms with E-state index in [1.807, 2.05) is 17.8 Å². The van der Waals surface area contributed by atoms with Gasteiger partial charge in [-0.3, -0.25) is 4.68 Å². The van der Waals surface area contributed by atoms with Crippen LogP contribution in [0.5, 0.6) is 0 Å². The minimum absolute atomic E-state index is 0.269. The van der Waals surface area contributed by atoms with Crippen molar-refractivity contribution in [2.75, 3.05) is 0 Å².